The predicted molar refractivity (Wildman–Crippen MR) is 123 cm³/mol. The topological polar surface area (TPSA) is 17.1 Å². The summed E-state index contributed by atoms with van der Waals surface area (Å²) >= 11 is 0. The number of hydrogen-bond acceptors (Lipinski definition) is 1. The SMILES string of the molecule is CC(CCCC(C)(C)C)C1CCC2C3=CC(=O)C4CCCCC4(C)C3CCC21C. The van der Waals surface area contributed by atoms with Crippen LogP contribution in [0.5, 0.6) is 0 Å². The first-order chi connectivity index (χ1) is 13.6. The van der Waals surface area contributed by atoms with E-state index in [9.17, 15) is 4.79 Å². The number of carbonyl (C=O) groups is 1. The number of carbonyl (C=O) groups excluding carboxylic acids is 1. The van der Waals surface area contributed by atoms with Gasteiger partial charge >= 0.3 is 0 Å². The molecule has 7 unspecified atom stereocenters. The molecule has 0 heterocycles. The van der Waals surface area contributed by atoms with Gasteiger partial charge in [0.2, 0.25) is 0 Å². The van der Waals surface area contributed by atoms with Crippen molar-refractivity contribution in [2.24, 2.45) is 45.8 Å². The molecule has 0 amide bonds. The van der Waals surface area contributed by atoms with Crippen LogP contribution in [-0.4, -0.2) is 5.78 Å². The molecule has 164 valence electrons. The number of rotatable bonds is 4. The van der Waals surface area contributed by atoms with Gasteiger partial charge in [-0.1, -0.05) is 72.8 Å². The summed E-state index contributed by atoms with van der Waals surface area (Å²) in [7, 11) is 0. The third-order valence-corrected chi connectivity index (χ3v) is 10.2. The largest absolute Gasteiger partial charge is 0.295 e. The Balaban J connectivity index is 1.53. The van der Waals surface area contributed by atoms with Crippen LogP contribution in [0.1, 0.15) is 112 Å². The van der Waals surface area contributed by atoms with Gasteiger partial charge in [-0.15, -0.1) is 0 Å². The third kappa shape index (κ3) is 3.67. The molecule has 0 radical (unpaired) electrons. The van der Waals surface area contributed by atoms with Gasteiger partial charge in [-0.3, -0.25) is 4.79 Å². The Bertz CT molecular complexity index is 666. The quantitative estimate of drug-likeness (QED) is 0.469. The molecule has 0 aromatic heterocycles. The first-order valence-corrected chi connectivity index (χ1v) is 12.8. The summed E-state index contributed by atoms with van der Waals surface area (Å²) in [5.41, 5.74) is 2.76. The fourth-order valence-corrected chi connectivity index (χ4v) is 8.55. The van der Waals surface area contributed by atoms with Gasteiger partial charge in [0.15, 0.2) is 5.78 Å². The molecule has 3 saturated carbocycles. The highest BCUT2D eigenvalue weighted by Gasteiger charge is 2.59. The predicted octanol–water partition coefficient (Wildman–Crippen LogP) is 7.99. The lowest BCUT2D eigenvalue weighted by Gasteiger charge is -2.56. The molecular weight excluding hydrogens is 352 g/mol. The van der Waals surface area contributed by atoms with Crippen LogP contribution in [0.2, 0.25) is 0 Å². The van der Waals surface area contributed by atoms with Crippen LogP contribution >= 0.6 is 0 Å². The molecule has 29 heavy (non-hydrogen) atoms. The molecule has 0 spiro atoms. The smallest absolute Gasteiger partial charge is 0.159 e. The van der Waals surface area contributed by atoms with Crippen molar-refractivity contribution in [3.05, 3.63) is 11.6 Å². The van der Waals surface area contributed by atoms with Crippen LogP contribution in [0.25, 0.3) is 0 Å². The minimum Gasteiger partial charge on any atom is -0.295 e. The van der Waals surface area contributed by atoms with Gasteiger partial charge < -0.3 is 0 Å². The fourth-order valence-electron chi connectivity index (χ4n) is 8.55. The third-order valence-electron chi connectivity index (χ3n) is 10.2. The van der Waals surface area contributed by atoms with Crippen LogP contribution in [-0.2, 0) is 4.79 Å². The molecule has 4 rings (SSSR count). The summed E-state index contributed by atoms with van der Waals surface area (Å²) in [6.07, 6.45) is 16.7. The van der Waals surface area contributed by atoms with Gasteiger partial charge in [-0.25, -0.2) is 0 Å². The highest BCUT2D eigenvalue weighted by molar-refractivity contribution is 5.94. The van der Waals surface area contributed by atoms with Crippen LogP contribution in [0.3, 0.4) is 0 Å². The van der Waals surface area contributed by atoms with E-state index in [-0.39, 0.29) is 5.41 Å². The van der Waals surface area contributed by atoms with E-state index >= 15 is 0 Å². The number of fused-ring (bicyclic) bond motifs is 5. The average Bonchev–Trinajstić information content (AvgIpc) is 2.98. The Hall–Kier alpha value is -0.590. The van der Waals surface area contributed by atoms with Gasteiger partial charge in [0.05, 0.1) is 0 Å². The molecule has 0 bridgehead atoms. The molecule has 0 aromatic carbocycles. The van der Waals surface area contributed by atoms with E-state index in [0.29, 0.717) is 34.4 Å². The summed E-state index contributed by atoms with van der Waals surface area (Å²) in [5.74, 6) is 3.86. The average molecular weight is 399 g/mol. The summed E-state index contributed by atoms with van der Waals surface area (Å²) in [5, 5.41) is 0. The molecule has 4 aliphatic rings. The normalized spacial score (nSPS) is 43.2. The molecule has 1 nitrogen and oxygen atoms in total. The van der Waals surface area contributed by atoms with E-state index in [4.69, 9.17) is 0 Å². The minimum atomic E-state index is 0.261. The van der Waals surface area contributed by atoms with Crippen molar-refractivity contribution in [1.29, 1.82) is 0 Å². The van der Waals surface area contributed by atoms with Gasteiger partial charge in [0.25, 0.3) is 0 Å². The van der Waals surface area contributed by atoms with Gasteiger partial charge in [0.1, 0.15) is 0 Å². The molecule has 1 heteroatoms. The zero-order valence-electron chi connectivity index (χ0n) is 20.2. The first-order valence-electron chi connectivity index (χ1n) is 12.8. The Morgan fingerprint density at radius 3 is 2.41 bits per heavy atom. The van der Waals surface area contributed by atoms with Crippen LogP contribution in [0.4, 0.5) is 0 Å². The van der Waals surface area contributed by atoms with Gasteiger partial charge in [-0.05, 0) is 90.9 Å². The van der Waals surface area contributed by atoms with E-state index in [2.05, 4.69) is 47.6 Å². The van der Waals surface area contributed by atoms with Crippen molar-refractivity contribution < 1.29 is 4.79 Å². The van der Waals surface area contributed by atoms with Crippen molar-refractivity contribution in [1.82, 2.24) is 0 Å². The van der Waals surface area contributed by atoms with Crippen molar-refractivity contribution in [2.75, 3.05) is 0 Å². The van der Waals surface area contributed by atoms with Crippen molar-refractivity contribution >= 4 is 5.78 Å². The second kappa shape index (κ2) is 7.52. The fraction of sp³-hybridized carbons (Fsp3) is 0.893. The minimum absolute atomic E-state index is 0.261. The summed E-state index contributed by atoms with van der Waals surface area (Å²) in [6.45, 7) is 14.7. The van der Waals surface area contributed by atoms with E-state index < -0.39 is 0 Å². The van der Waals surface area contributed by atoms with E-state index in [0.717, 1.165) is 18.3 Å². The lowest BCUT2D eigenvalue weighted by Crippen LogP contribution is -2.51. The summed E-state index contributed by atoms with van der Waals surface area (Å²) in [4.78, 5) is 13.2. The molecule has 0 N–H and O–H groups in total. The maximum Gasteiger partial charge on any atom is 0.159 e. The Labute approximate surface area is 180 Å². The molecule has 4 aliphatic carbocycles. The molecule has 0 saturated heterocycles. The second-order valence-corrected chi connectivity index (χ2v) is 13.1. The van der Waals surface area contributed by atoms with Crippen molar-refractivity contribution in [3.8, 4) is 0 Å². The van der Waals surface area contributed by atoms with Gasteiger partial charge in [-0.2, -0.15) is 0 Å². The monoisotopic (exact) mass is 398 g/mol. The maximum atomic E-state index is 13.2. The molecular formula is C28H46O. The van der Waals surface area contributed by atoms with Crippen molar-refractivity contribution in [3.63, 3.8) is 0 Å². The molecule has 3 fully saturated rings. The number of ketones is 1. The van der Waals surface area contributed by atoms with E-state index in [1.807, 2.05) is 0 Å². The molecule has 0 aliphatic heterocycles. The Morgan fingerprint density at radius 2 is 1.69 bits per heavy atom. The molecule has 0 aromatic rings. The summed E-state index contributed by atoms with van der Waals surface area (Å²) in [6, 6.07) is 0. The highest BCUT2D eigenvalue weighted by Crippen LogP contribution is 2.66. The summed E-state index contributed by atoms with van der Waals surface area (Å²) < 4.78 is 0. The van der Waals surface area contributed by atoms with Crippen LogP contribution in [0, 0.1) is 45.8 Å². The van der Waals surface area contributed by atoms with Gasteiger partial charge in [0, 0.05) is 5.92 Å². The standard InChI is InChI=1S/C28H46O/c1-19(10-9-15-26(2,3)4)21-12-13-22-20-18-25(29)24-11-7-8-16-27(24,5)23(20)14-17-28(21,22)6/h18-19,21-24H,7-17H2,1-6H3. The van der Waals surface area contributed by atoms with Crippen molar-refractivity contribution in [2.45, 2.75) is 112 Å². The number of hydrogen-bond donors (Lipinski definition) is 0. The Kier molecular flexibility index (Phi) is 5.61. The van der Waals surface area contributed by atoms with E-state index in [1.165, 1.54) is 64.2 Å². The van der Waals surface area contributed by atoms with E-state index in [1.54, 1.807) is 5.57 Å². The van der Waals surface area contributed by atoms with Crippen LogP contribution < -0.4 is 0 Å². The second-order valence-electron chi connectivity index (χ2n) is 13.1. The molecule has 7 atom stereocenters. The lowest BCUT2D eigenvalue weighted by atomic mass is 9.47. The highest BCUT2D eigenvalue weighted by atomic mass is 16.1. The zero-order valence-corrected chi connectivity index (χ0v) is 20.2. The Morgan fingerprint density at radius 1 is 0.966 bits per heavy atom. The zero-order chi connectivity index (χ0) is 21.0. The lowest BCUT2D eigenvalue weighted by molar-refractivity contribution is -0.128. The first kappa shape index (κ1) is 21.6. The van der Waals surface area contributed by atoms with Crippen LogP contribution in [0.15, 0.2) is 11.6 Å². The number of allylic oxidation sites excluding steroid dienone is 2. The maximum absolute atomic E-state index is 13.2.